The van der Waals surface area contributed by atoms with Gasteiger partial charge in [-0.05, 0) is 51.4 Å². The van der Waals surface area contributed by atoms with Crippen LogP contribution in [0.25, 0.3) is 0 Å². The van der Waals surface area contributed by atoms with Crippen molar-refractivity contribution >= 4 is 5.91 Å². The van der Waals surface area contributed by atoms with Gasteiger partial charge in [0.2, 0.25) is 5.91 Å². The van der Waals surface area contributed by atoms with E-state index in [1.165, 1.54) is 64.2 Å². The average molecular weight is 858 g/mol. The molecular formula is C46H83NO13. The molecule has 2 aliphatic rings. The maximum Gasteiger partial charge on any atom is 0.220 e. The maximum atomic E-state index is 13.1. The number of aliphatic hydroxyl groups is 8. The highest BCUT2D eigenvalue weighted by Crippen LogP contribution is 2.30. The normalized spacial score (nSPS) is 28.6. The maximum absolute atomic E-state index is 13.1. The van der Waals surface area contributed by atoms with E-state index in [1.807, 2.05) is 6.08 Å². The Morgan fingerprint density at radius 3 is 1.70 bits per heavy atom. The molecule has 2 rings (SSSR count). The number of carbonyl (C=O) groups excluding carboxylic acids is 1. The van der Waals surface area contributed by atoms with Gasteiger partial charge in [-0.2, -0.15) is 0 Å². The van der Waals surface area contributed by atoms with Crippen LogP contribution in [0, 0.1) is 0 Å². The molecule has 12 atom stereocenters. The fourth-order valence-electron chi connectivity index (χ4n) is 7.42. The third kappa shape index (κ3) is 21.5. The van der Waals surface area contributed by atoms with E-state index in [9.17, 15) is 45.6 Å². The van der Waals surface area contributed by atoms with Crippen LogP contribution in [-0.2, 0) is 23.7 Å². The average Bonchev–Trinajstić information content (AvgIpc) is 3.24. The molecule has 0 aliphatic carbocycles. The van der Waals surface area contributed by atoms with Crippen molar-refractivity contribution in [1.29, 1.82) is 0 Å². The van der Waals surface area contributed by atoms with Gasteiger partial charge in [0.05, 0.1) is 32.0 Å². The summed E-state index contributed by atoms with van der Waals surface area (Å²) in [5, 5.41) is 86.4. The van der Waals surface area contributed by atoms with Crippen molar-refractivity contribution in [3.8, 4) is 0 Å². The quantitative estimate of drug-likeness (QED) is 0.0315. The van der Waals surface area contributed by atoms with Crippen LogP contribution in [0.2, 0.25) is 0 Å². The molecule has 2 heterocycles. The minimum atomic E-state index is -1.79. The Hall–Kier alpha value is -1.79. The first-order valence-corrected chi connectivity index (χ1v) is 23.2. The molecule has 9 N–H and O–H groups in total. The van der Waals surface area contributed by atoms with E-state index in [1.54, 1.807) is 6.08 Å². The Kier molecular flexibility index (Phi) is 30.5. The van der Waals surface area contributed by atoms with Gasteiger partial charge >= 0.3 is 0 Å². The molecule has 0 aromatic heterocycles. The number of hydrogen-bond acceptors (Lipinski definition) is 13. The molecule has 0 spiro atoms. The summed E-state index contributed by atoms with van der Waals surface area (Å²) in [4.78, 5) is 13.1. The molecule has 2 aliphatic heterocycles. The number of carbonyl (C=O) groups is 1. The van der Waals surface area contributed by atoms with Crippen molar-refractivity contribution in [2.45, 2.75) is 229 Å². The summed E-state index contributed by atoms with van der Waals surface area (Å²) in [6.45, 7) is 2.66. The zero-order valence-electron chi connectivity index (χ0n) is 36.7. The van der Waals surface area contributed by atoms with Crippen LogP contribution in [-0.4, -0.2) is 140 Å². The summed E-state index contributed by atoms with van der Waals surface area (Å²) >= 11 is 0. The van der Waals surface area contributed by atoms with E-state index in [-0.39, 0.29) is 18.9 Å². The zero-order chi connectivity index (χ0) is 44.0. The molecule has 0 bridgehead atoms. The molecule has 0 radical (unpaired) electrons. The molecule has 14 nitrogen and oxygen atoms in total. The van der Waals surface area contributed by atoms with Crippen LogP contribution >= 0.6 is 0 Å². The molecular weight excluding hydrogens is 774 g/mol. The van der Waals surface area contributed by atoms with E-state index in [0.717, 1.165) is 57.8 Å². The summed E-state index contributed by atoms with van der Waals surface area (Å²) in [5.74, 6) is -0.264. The topological polar surface area (TPSA) is 228 Å². The lowest BCUT2D eigenvalue weighted by Gasteiger charge is -2.46. The fourth-order valence-corrected chi connectivity index (χ4v) is 7.42. The van der Waals surface area contributed by atoms with Crippen molar-refractivity contribution in [3.05, 3.63) is 36.5 Å². The van der Waals surface area contributed by atoms with Gasteiger partial charge in [0.15, 0.2) is 12.6 Å². The van der Waals surface area contributed by atoms with Gasteiger partial charge in [0.1, 0.15) is 48.8 Å². The molecule has 0 saturated carbocycles. The molecule has 2 saturated heterocycles. The number of allylic oxidation sites excluding steroid dienone is 5. The zero-order valence-corrected chi connectivity index (χ0v) is 36.7. The lowest BCUT2D eigenvalue weighted by Crippen LogP contribution is -2.65. The third-order valence-corrected chi connectivity index (χ3v) is 11.3. The standard InChI is InChI=1S/C46H83NO13/c1-3-5-7-9-11-13-15-16-17-18-19-20-21-23-25-27-29-35(50)34(47-38(51)30-28-26-24-22-14-12-10-8-6-4-2)33-57-45-43(56)41(54)44(37(32-49)59-45)60-46-42(55)40(53)39(52)36(31-48)58-46/h8,10,20-21,27,29,34-37,39-46,48-50,52-56H,3-7,9,11-19,22-26,28,30-33H2,1-2H3,(H,47,51)/b10-8-,21-20+,29-27+. The van der Waals surface area contributed by atoms with Crippen molar-refractivity contribution in [1.82, 2.24) is 5.32 Å². The van der Waals surface area contributed by atoms with Gasteiger partial charge in [-0.1, -0.05) is 134 Å². The Morgan fingerprint density at radius 2 is 1.10 bits per heavy atom. The Bertz CT molecular complexity index is 1150. The predicted molar refractivity (Wildman–Crippen MR) is 231 cm³/mol. The van der Waals surface area contributed by atoms with Gasteiger partial charge < -0.3 is 65.1 Å². The van der Waals surface area contributed by atoms with E-state index >= 15 is 0 Å². The van der Waals surface area contributed by atoms with Crippen LogP contribution in [0.4, 0.5) is 0 Å². The smallest absolute Gasteiger partial charge is 0.220 e. The van der Waals surface area contributed by atoms with Crippen LogP contribution in [0.5, 0.6) is 0 Å². The molecule has 14 heteroatoms. The van der Waals surface area contributed by atoms with Crippen molar-refractivity contribution in [3.63, 3.8) is 0 Å². The van der Waals surface area contributed by atoms with Gasteiger partial charge in [0.25, 0.3) is 0 Å². The largest absolute Gasteiger partial charge is 0.394 e. The summed E-state index contributed by atoms with van der Waals surface area (Å²) < 4.78 is 22.6. The number of hydrogen-bond donors (Lipinski definition) is 9. The molecule has 0 aromatic carbocycles. The first-order valence-electron chi connectivity index (χ1n) is 23.2. The van der Waals surface area contributed by atoms with Gasteiger partial charge in [0, 0.05) is 6.42 Å². The van der Waals surface area contributed by atoms with Crippen LogP contribution in [0.1, 0.15) is 155 Å². The molecule has 2 fully saturated rings. The minimum Gasteiger partial charge on any atom is -0.394 e. The molecule has 0 aromatic rings. The van der Waals surface area contributed by atoms with Gasteiger partial charge in [-0.25, -0.2) is 0 Å². The molecule has 1 amide bonds. The van der Waals surface area contributed by atoms with Crippen molar-refractivity contribution < 1.29 is 64.6 Å². The highest BCUT2D eigenvalue weighted by molar-refractivity contribution is 5.76. The first kappa shape index (κ1) is 54.3. The highest BCUT2D eigenvalue weighted by atomic mass is 16.7. The summed E-state index contributed by atoms with van der Waals surface area (Å²) in [5.41, 5.74) is 0. The number of amides is 1. The Labute approximate surface area is 360 Å². The summed E-state index contributed by atoms with van der Waals surface area (Å²) in [7, 11) is 0. The Balaban J connectivity index is 1.91. The molecule has 60 heavy (non-hydrogen) atoms. The number of ether oxygens (including phenoxy) is 4. The molecule has 350 valence electrons. The van der Waals surface area contributed by atoms with Crippen LogP contribution < -0.4 is 5.32 Å². The molecule has 12 unspecified atom stereocenters. The van der Waals surface area contributed by atoms with Gasteiger partial charge in [-0.3, -0.25) is 4.79 Å². The van der Waals surface area contributed by atoms with Crippen LogP contribution in [0.3, 0.4) is 0 Å². The van der Waals surface area contributed by atoms with Crippen molar-refractivity contribution in [2.24, 2.45) is 0 Å². The second-order valence-electron chi connectivity index (χ2n) is 16.5. The second kappa shape index (κ2) is 33.7. The predicted octanol–water partition coefficient (Wildman–Crippen LogP) is 4.76. The lowest BCUT2D eigenvalue weighted by molar-refractivity contribution is -0.359. The number of aliphatic hydroxyl groups excluding tert-OH is 8. The van der Waals surface area contributed by atoms with E-state index < -0.39 is 86.8 Å². The Morgan fingerprint density at radius 1 is 0.583 bits per heavy atom. The van der Waals surface area contributed by atoms with E-state index in [4.69, 9.17) is 18.9 Å². The van der Waals surface area contributed by atoms with Crippen molar-refractivity contribution in [2.75, 3.05) is 19.8 Å². The summed E-state index contributed by atoms with van der Waals surface area (Å²) in [6, 6.07) is -0.931. The summed E-state index contributed by atoms with van der Waals surface area (Å²) in [6.07, 6.45) is 19.2. The number of rotatable bonds is 34. The van der Waals surface area contributed by atoms with Gasteiger partial charge in [-0.15, -0.1) is 0 Å². The highest BCUT2D eigenvalue weighted by Gasteiger charge is 2.50. The van der Waals surface area contributed by atoms with E-state index in [0.29, 0.717) is 12.8 Å². The lowest BCUT2D eigenvalue weighted by atomic mass is 9.97. The first-order chi connectivity index (χ1) is 29.1. The number of unbranched alkanes of at least 4 members (excludes halogenated alkanes) is 17. The van der Waals surface area contributed by atoms with E-state index in [2.05, 4.69) is 43.5 Å². The fraction of sp³-hybridized carbons (Fsp3) is 0.848. The SMILES string of the molecule is CCC/C=C\CCCCCCCC(=O)NC(COC1OC(CO)C(OC2OC(CO)C(O)C(O)C2O)C(O)C1O)C(O)/C=C/CC/C=C/CCCCCCCCCCCC. The number of nitrogens with one attached hydrogen (secondary N) is 1. The van der Waals surface area contributed by atoms with Crippen LogP contribution in [0.15, 0.2) is 36.5 Å². The second-order valence-corrected chi connectivity index (χ2v) is 16.5. The monoisotopic (exact) mass is 858 g/mol. The minimum absolute atomic E-state index is 0.262. The third-order valence-electron chi connectivity index (χ3n) is 11.3.